The molecule has 194 valence electrons. The Kier molecular flexibility index (Phi) is 6.90. The number of benzene rings is 1. The van der Waals surface area contributed by atoms with Crippen LogP contribution in [0.3, 0.4) is 0 Å². The van der Waals surface area contributed by atoms with Gasteiger partial charge in [0.25, 0.3) is 12.3 Å². The molecule has 1 fully saturated rings. The molecule has 0 saturated carbocycles. The van der Waals surface area contributed by atoms with Crippen LogP contribution in [-0.2, 0) is 23.1 Å². The minimum atomic E-state index is -4.76. The van der Waals surface area contributed by atoms with Gasteiger partial charge in [0.2, 0.25) is 0 Å². The fourth-order valence-electron chi connectivity index (χ4n) is 4.03. The SMILES string of the molecule is Cn1c(C2CCS(=O)(=O)CC2)nc2cc(OCC(F)F)c(NC(=O)c3cccc(C(F)(F)F)n3)cc21. The average Bonchev–Trinajstić information content (AvgIpc) is 3.12. The largest absolute Gasteiger partial charge is 0.485 e. The Labute approximate surface area is 202 Å². The molecule has 0 unspecified atom stereocenters. The maximum atomic E-state index is 13.0. The fraction of sp³-hybridized carbons (Fsp3) is 0.409. The van der Waals surface area contributed by atoms with E-state index in [2.05, 4.69) is 15.3 Å². The van der Waals surface area contributed by atoms with E-state index >= 15 is 0 Å². The van der Waals surface area contributed by atoms with E-state index in [0.29, 0.717) is 35.8 Å². The molecule has 3 aromatic rings. The highest BCUT2D eigenvalue weighted by atomic mass is 32.2. The number of aryl methyl sites for hydroxylation is 1. The number of imidazole rings is 1. The van der Waals surface area contributed by atoms with Gasteiger partial charge in [0.15, 0.2) is 0 Å². The van der Waals surface area contributed by atoms with Gasteiger partial charge in [-0.2, -0.15) is 13.2 Å². The van der Waals surface area contributed by atoms with Crippen molar-refractivity contribution in [1.29, 1.82) is 0 Å². The zero-order valence-corrected chi connectivity index (χ0v) is 19.7. The number of nitrogens with zero attached hydrogens (tertiary/aromatic N) is 3. The number of sulfone groups is 1. The van der Waals surface area contributed by atoms with Crippen LogP contribution in [0.15, 0.2) is 30.3 Å². The zero-order chi connectivity index (χ0) is 26.3. The van der Waals surface area contributed by atoms with Crippen molar-refractivity contribution in [2.24, 2.45) is 7.05 Å². The lowest BCUT2D eigenvalue weighted by atomic mass is 10.0. The maximum Gasteiger partial charge on any atom is 0.433 e. The van der Waals surface area contributed by atoms with Crippen LogP contribution in [0, 0.1) is 0 Å². The second-order valence-electron chi connectivity index (χ2n) is 8.35. The molecule has 0 atom stereocenters. The van der Waals surface area contributed by atoms with Crippen LogP contribution in [0.5, 0.6) is 5.75 Å². The van der Waals surface area contributed by atoms with Crippen LogP contribution in [-0.4, -0.2) is 53.4 Å². The molecule has 1 aromatic carbocycles. The van der Waals surface area contributed by atoms with Crippen molar-refractivity contribution in [3.63, 3.8) is 0 Å². The minimum Gasteiger partial charge on any atom is -0.485 e. The van der Waals surface area contributed by atoms with E-state index in [1.807, 2.05) is 0 Å². The first kappa shape index (κ1) is 25.8. The third kappa shape index (κ3) is 5.58. The van der Waals surface area contributed by atoms with Crippen LogP contribution in [0.1, 0.15) is 40.8 Å². The lowest BCUT2D eigenvalue weighted by molar-refractivity contribution is -0.141. The monoisotopic (exact) mass is 532 g/mol. The Hall–Kier alpha value is -3.29. The van der Waals surface area contributed by atoms with Crippen LogP contribution < -0.4 is 10.1 Å². The molecule has 1 amide bonds. The average molecular weight is 532 g/mol. The number of hydrogen-bond donors (Lipinski definition) is 1. The minimum absolute atomic E-state index is 0.0227. The smallest absolute Gasteiger partial charge is 0.433 e. The number of amides is 1. The predicted molar refractivity (Wildman–Crippen MR) is 120 cm³/mol. The van der Waals surface area contributed by atoms with E-state index in [9.17, 15) is 35.2 Å². The number of nitrogens with one attached hydrogen (secondary N) is 1. The number of halogens is 5. The van der Waals surface area contributed by atoms with Crippen molar-refractivity contribution < 1.29 is 39.9 Å². The van der Waals surface area contributed by atoms with E-state index in [4.69, 9.17) is 4.74 Å². The topological polar surface area (TPSA) is 103 Å². The van der Waals surface area contributed by atoms with Gasteiger partial charge in [-0.3, -0.25) is 4.79 Å². The highest BCUT2D eigenvalue weighted by Crippen LogP contribution is 2.35. The first-order valence-corrected chi connectivity index (χ1v) is 12.6. The molecule has 1 aliphatic heterocycles. The second-order valence-corrected chi connectivity index (χ2v) is 10.7. The number of carbonyl (C=O) groups is 1. The Bertz CT molecular complexity index is 1390. The summed E-state index contributed by atoms with van der Waals surface area (Å²) in [5, 5.41) is 2.39. The lowest BCUT2D eigenvalue weighted by Crippen LogP contribution is -2.23. The van der Waals surface area contributed by atoms with E-state index < -0.39 is 46.3 Å². The van der Waals surface area contributed by atoms with Gasteiger partial charge in [0.1, 0.15) is 39.4 Å². The quantitative estimate of drug-likeness (QED) is 0.478. The highest BCUT2D eigenvalue weighted by Gasteiger charge is 2.33. The molecular weight excluding hydrogens is 511 g/mol. The zero-order valence-electron chi connectivity index (χ0n) is 18.8. The number of alkyl halides is 5. The molecule has 1 aliphatic rings. The molecule has 14 heteroatoms. The first-order chi connectivity index (χ1) is 16.8. The van der Waals surface area contributed by atoms with Crippen molar-refractivity contribution in [2.75, 3.05) is 23.4 Å². The Morgan fingerprint density at radius 2 is 1.89 bits per heavy atom. The van der Waals surface area contributed by atoms with Crippen molar-refractivity contribution >= 4 is 32.5 Å². The number of carbonyl (C=O) groups excluding carboxylic acids is 1. The summed E-state index contributed by atoms with van der Waals surface area (Å²) < 4.78 is 95.0. The molecule has 36 heavy (non-hydrogen) atoms. The molecule has 2 aromatic heterocycles. The third-order valence-corrected chi connectivity index (χ3v) is 7.54. The predicted octanol–water partition coefficient (Wildman–Crippen LogP) is 4.18. The van der Waals surface area contributed by atoms with E-state index in [1.54, 1.807) is 11.6 Å². The number of aromatic nitrogens is 3. The van der Waals surface area contributed by atoms with Crippen molar-refractivity contribution in [2.45, 2.75) is 31.4 Å². The van der Waals surface area contributed by atoms with Gasteiger partial charge < -0.3 is 14.6 Å². The fourth-order valence-corrected chi connectivity index (χ4v) is 5.52. The molecule has 0 radical (unpaired) electrons. The van der Waals surface area contributed by atoms with Crippen LogP contribution in [0.25, 0.3) is 11.0 Å². The molecule has 0 bridgehead atoms. The van der Waals surface area contributed by atoms with Gasteiger partial charge >= 0.3 is 6.18 Å². The number of rotatable bonds is 6. The summed E-state index contributed by atoms with van der Waals surface area (Å²) in [6, 6.07) is 5.59. The Morgan fingerprint density at radius 3 is 2.53 bits per heavy atom. The third-order valence-electron chi connectivity index (χ3n) is 5.82. The van der Waals surface area contributed by atoms with Crippen LogP contribution in [0.2, 0.25) is 0 Å². The van der Waals surface area contributed by atoms with E-state index in [1.165, 1.54) is 12.1 Å². The molecule has 0 aliphatic carbocycles. The van der Waals surface area contributed by atoms with Gasteiger partial charge in [-0.25, -0.2) is 27.2 Å². The lowest BCUT2D eigenvalue weighted by Gasteiger charge is -2.21. The van der Waals surface area contributed by atoms with Crippen LogP contribution >= 0.6 is 0 Å². The van der Waals surface area contributed by atoms with E-state index in [-0.39, 0.29) is 28.9 Å². The van der Waals surface area contributed by atoms with Crippen molar-refractivity contribution in [3.05, 3.63) is 47.5 Å². The van der Waals surface area contributed by atoms with Gasteiger partial charge in [-0.05, 0) is 31.0 Å². The first-order valence-electron chi connectivity index (χ1n) is 10.8. The van der Waals surface area contributed by atoms with Gasteiger partial charge in [-0.15, -0.1) is 0 Å². The summed E-state index contributed by atoms with van der Waals surface area (Å²) in [6.45, 7) is -0.990. The van der Waals surface area contributed by atoms with E-state index in [0.717, 1.165) is 12.1 Å². The Balaban J connectivity index is 1.69. The standard InChI is InChI=1S/C22H21F5N4O4S/c1-31-16-9-15(30-21(32)13-3-2-4-18(28-13)22(25,26)27)17(35-11-19(23)24)10-14(16)29-20(31)12-5-7-36(33,34)8-6-12/h2-4,9-10,12,19H,5-8,11H2,1H3,(H,30,32). The number of pyridine rings is 1. The van der Waals surface area contributed by atoms with Gasteiger partial charge in [-0.1, -0.05) is 6.07 Å². The number of hydrogen-bond acceptors (Lipinski definition) is 6. The molecule has 4 rings (SSSR count). The second kappa shape index (κ2) is 9.64. The molecule has 8 nitrogen and oxygen atoms in total. The van der Waals surface area contributed by atoms with Crippen molar-refractivity contribution in [1.82, 2.24) is 14.5 Å². The molecule has 1 saturated heterocycles. The Morgan fingerprint density at radius 1 is 1.19 bits per heavy atom. The summed E-state index contributed by atoms with van der Waals surface area (Å²) in [6.07, 6.45) is -6.83. The summed E-state index contributed by atoms with van der Waals surface area (Å²) in [7, 11) is -1.41. The molecule has 3 heterocycles. The summed E-state index contributed by atoms with van der Waals surface area (Å²) >= 11 is 0. The van der Waals surface area contributed by atoms with Gasteiger partial charge in [0.05, 0.1) is 28.2 Å². The maximum absolute atomic E-state index is 13.0. The summed E-state index contributed by atoms with van der Waals surface area (Å²) in [5.74, 6) is -0.670. The number of anilines is 1. The summed E-state index contributed by atoms with van der Waals surface area (Å²) in [5.41, 5.74) is -1.01. The van der Waals surface area contributed by atoms with Gasteiger partial charge in [0, 0.05) is 19.0 Å². The normalized spacial score (nSPS) is 16.4. The molecule has 1 N–H and O–H groups in total. The van der Waals surface area contributed by atoms with Crippen LogP contribution in [0.4, 0.5) is 27.6 Å². The molecule has 0 spiro atoms. The highest BCUT2D eigenvalue weighted by molar-refractivity contribution is 7.91. The number of fused-ring (bicyclic) bond motifs is 1. The molecular formula is C22H21F5N4O4S. The van der Waals surface area contributed by atoms with Crippen molar-refractivity contribution in [3.8, 4) is 5.75 Å². The summed E-state index contributed by atoms with van der Waals surface area (Å²) in [4.78, 5) is 20.6. The number of ether oxygens (including phenoxy) is 1.